The third kappa shape index (κ3) is 2.63. The van der Waals surface area contributed by atoms with Crippen LogP contribution in [0, 0.1) is 0 Å². The van der Waals surface area contributed by atoms with Gasteiger partial charge in [-0.25, -0.2) is 4.98 Å². The average Bonchev–Trinajstić information content (AvgIpc) is 2.89. The van der Waals surface area contributed by atoms with Gasteiger partial charge in [0.15, 0.2) is 5.82 Å². The van der Waals surface area contributed by atoms with E-state index in [9.17, 15) is 4.79 Å². The van der Waals surface area contributed by atoms with Crippen LogP contribution in [0.1, 0.15) is 16.2 Å². The molecule has 2 aromatic carbocycles. The molecule has 0 spiro atoms. The Balaban J connectivity index is 1.85. The quantitative estimate of drug-likeness (QED) is 0.580. The van der Waals surface area contributed by atoms with Crippen molar-refractivity contribution in [3.05, 3.63) is 71.0 Å². The largest absolute Gasteiger partial charge is 0.335 e. The normalized spacial score (nSPS) is 11.2. The SMILES string of the molecule is O=C(/C=C/c1cccc(Cl)c1)c1nc2ccccc2[nH]1. The van der Waals surface area contributed by atoms with E-state index < -0.39 is 0 Å². The Hall–Kier alpha value is -2.39. The number of carbonyl (C=O) groups is 1. The van der Waals surface area contributed by atoms with Crippen LogP contribution in [0.25, 0.3) is 17.1 Å². The first-order valence-corrected chi connectivity index (χ1v) is 6.53. The molecule has 1 heterocycles. The zero-order valence-electron chi connectivity index (χ0n) is 10.5. The Bertz CT molecular complexity index is 772. The molecule has 3 aromatic rings. The molecular weight excluding hydrogens is 272 g/mol. The molecule has 0 saturated heterocycles. The second-order valence-electron chi connectivity index (χ2n) is 4.36. The highest BCUT2D eigenvalue weighted by molar-refractivity contribution is 6.30. The van der Waals surface area contributed by atoms with Gasteiger partial charge in [0.25, 0.3) is 0 Å². The molecule has 0 aliphatic heterocycles. The topological polar surface area (TPSA) is 45.8 Å². The predicted molar refractivity (Wildman–Crippen MR) is 80.9 cm³/mol. The number of allylic oxidation sites excluding steroid dienone is 1. The highest BCUT2D eigenvalue weighted by Crippen LogP contribution is 2.13. The second kappa shape index (κ2) is 5.31. The standard InChI is InChI=1S/C16H11ClN2O/c17-12-5-3-4-11(10-12)8-9-15(20)16-18-13-6-1-2-7-14(13)19-16/h1-10H,(H,18,19)/b9-8+. The number of ketones is 1. The van der Waals surface area contributed by atoms with Gasteiger partial charge in [-0.1, -0.05) is 41.9 Å². The van der Waals surface area contributed by atoms with Gasteiger partial charge in [0.2, 0.25) is 5.78 Å². The lowest BCUT2D eigenvalue weighted by molar-refractivity contribution is 0.103. The number of fused-ring (bicyclic) bond motifs is 1. The molecule has 0 bridgehead atoms. The number of para-hydroxylation sites is 2. The van der Waals surface area contributed by atoms with Crippen molar-refractivity contribution in [2.75, 3.05) is 0 Å². The Kier molecular flexibility index (Phi) is 3.35. The molecular formula is C16H11ClN2O. The van der Waals surface area contributed by atoms with Crippen molar-refractivity contribution < 1.29 is 4.79 Å². The van der Waals surface area contributed by atoms with Crippen molar-refractivity contribution in [1.82, 2.24) is 9.97 Å². The monoisotopic (exact) mass is 282 g/mol. The third-order valence-corrected chi connectivity index (χ3v) is 3.13. The summed E-state index contributed by atoms with van der Waals surface area (Å²) >= 11 is 5.89. The summed E-state index contributed by atoms with van der Waals surface area (Å²) in [5.74, 6) is 0.172. The maximum Gasteiger partial charge on any atom is 0.221 e. The number of hydrogen-bond acceptors (Lipinski definition) is 2. The van der Waals surface area contributed by atoms with Crippen molar-refractivity contribution in [2.24, 2.45) is 0 Å². The number of hydrogen-bond donors (Lipinski definition) is 1. The Morgan fingerprint density at radius 3 is 2.80 bits per heavy atom. The van der Waals surface area contributed by atoms with Crippen molar-refractivity contribution >= 4 is 34.5 Å². The van der Waals surface area contributed by atoms with Gasteiger partial charge < -0.3 is 4.98 Å². The average molecular weight is 283 g/mol. The van der Waals surface area contributed by atoms with E-state index in [0.717, 1.165) is 16.6 Å². The summed E-state index contributed by atoms with van der Waals surface area (Å²) < 4.78 is 0. The van der Waals surface area contributed by atoms with Crippen LogP contribution in [0.4, 0.5) is 0 Å². The highest BCUT2D eigenvalue weighted by Gasteiger charge is 2.07. The lowest BCUT2D eigenvalue weighted by Crippen LogP contribution is -1.96. The number of aromatic amines is 1. The van der Waals surface area contributed by atoms with Crippen LogP contribution in [-0.4, -0.2) is 15.8 Å². The van der Waals surface area contributed by atoms with Gasteiger partial charge in [0.05, 0.1) is 11.0 Å². The highest BCUT2D eigenvalue weighted by atomic mass is 35.5. The van der Waals surface area contributed by atoms with Crippen molar-refractivity contribution in [3.63, 3.8) is 0 Å². The summed E-state index contributed by atoms with van der Waals surface area (Å²) in [7, 11) is 0. The van der Waals surface area contributed by atoms with Gasteiger partial charge in [-0.05, 0) is 35.9 Å². The summed E-state index contributed by atoms with van der Waals surface area (Å²) in [6.07, 6.45) is 3.21. The van der Waals surface area contributed by atoms with Gasteiger partial charge in [-0.2, -0.15) is 0 Å². The molecule has 3 nitrogen and oxygen atoms in total. The minimum absolute atomic E-state index is 0.166. The first-order chi connectivity index (χ1) is 9.72. The molecule has 0 saturated carbocycles. The Morgan fingerprint density at radius 2 is 2.00 bits per heavy atom. The molecule has 1 aromatic heterocycles. The third-order valence-electron chi connectivity index (χ3n) is 2.90. The lowest BCUT2D eigenvalue weighted by atomic mass is 10.2. The van der Waals surface area contributed by atoms with Crippen LogP contribution >= 0.6 is 11.6 Å². The second-order valence-corrected chi connectivity index (χ2v) is 4.79. The van der Waals surface area contributed by atoms with E-state index in [4.69, 9.17) is 11.6 Å². The van der Waals surface area contributed by atoms with Crippen LogP contribution in [-0.2, 0) is 0 Å². The Morgan fingerprint density at radius 1 is 1.15 bits per heavy atom. The first kappa shape index (κ1) is 12.6. The summed E-state index contributed by atoms with van der Waals surface area (Å²) in [4.78, 5) is 19.3. The zero-order chi connectivity index (χ0) is 13.9. The van der Waals surface area contributed by atoms with Gasteiger partial charge in [0, 0.05) is 5.02 Å². The molecule has 4 heteroatoms. The van der Waals surface area contributed by atoms with Gasteiger partial charge >= 0.3 is 0 Å². The van der Waals surface area contributed by atoms with Crippen LogP contribution in [0.2, 0.25) is 5.02 Å². The summed E-state index contributed by atoms with van der Waals surface area (Å²) in [6.45, 7) is 0. The number of benzene rings is 2. The van der Waals surface area contributed by atoms with Crippen molar-refractivity contribution in [3.8, 4) is 0 Å². The predicted octanol–water partition coefficient (Wildman–Crippen LogP) is 4.11. The molecule has 0 atom stereocenters. The number of aromatic nitrogens is 2. The maximum atomic E-state index is 12.1. The van der Waals surface area contributed by atoms with Gasteiger partial charge in [-0.15, -0.1) is 0 Å². The molecule has 0 radical (unpaired) electrons. The van der Waals surface area contributed by atoms with Gasteiger partial charge in [-0.3, -0.25) is 4.79 Å². The molecule has 98 valence electrons. The molecule has 1 N–H and O–H groups in total. The van der Waals surface area contributed by atoms with Crippen molar-refractivity contribution in [2.45, 2.75) is 0 Å². The smallest absolute Gasteiger partial charge is 0.221 e. The fraction of sp³-hybridized carbons (Fsp3) is 0. The molecule has 0 aliphatic rings. The number of halogens is 1. The molecule has 0 amide bonds. The molecule has 0 fully saturated rings. The molecule has 20 heavy (non-hydrogen) atoms. The number of nitrogens with one attached hydrogen (secondary N) is 1. The number of H-pyrrole nitrogens is 1. The van der Waals surface area contributed by atoms with Crippen LogP contribution in [0.5, 0.6) is 0 Å². The number of nitrogens with zero attached hydrogens (tertiary/aromatic N) is 1. The number of carbonyl (C=O) groups excluding carboxylic acids is 1. The summed E-state index contributed by atoms with van der Waals surface area (Å²) in [5.41, 5.74) is 2.51. The summed E-state index contributed by atoms with van der Waals surface area (Å²) in [6, 6.07) is 14.9. The molecule has 3 rings (SSSR count). The minimum atomic E-state index is -0.166. The van der Waals surface area contributed by atoms with E-state index in [1.165, 1.54) is 6.08 Å². The van der Waals surface area contributed by atoms with Crippen LogP contribution < -0.4 is 0 Å². The van der Waals surface area contributed by atoms with E-state index in [-0.39, 0.29) is 5.78 Å². The molecule has 0 unspecified atom stereocenters. The van der Waals surface area contributed by atoms with Crippen LogP contribution in [0.3, 0.4) is 0 Å². The fourth-order valence-corrected chi connectivity index (χ4v) is 2.13. The Labute approximate surface area is 120 Å². The maximum absolute atomic E-state index is 12.1. The summed E-state index contributed by atoms with van der Waals surface area (Å²) in [5, 5.41) is 0.642. The van der Waals surface area contributed by atoms with E-state index in [2.05, 4.69) is 9.97 Å². The number of rotatable bonds is 3. The lowest BCUT2D eigenvalue weighted by Gasteiger charge is -1.93. The minimum Gasteiger partial charge on any atom is -0.335 e. The first-order valence-electron chi connectivity index (χ1n) is 6.15. The van der Waals surface area contributed by atoms with Gasteiger partial charge in [0.1, 0.15) is 0 Å². The van der Waals surface area contributed by atoms with E-state index in [1.54, 1.807) is 18.2 Å². The molecule has 0 aliphatic carbocycles. The fourth-order valence-electron chi connectivity index (χ4n) is 1.93. The zero-order valence-corrected chi connectivity index (χ0v) is 11.3. The van der Waals surface area contributed by atoms with Crippen LogP contribution in [0.15, 0.2) is 54.6 Å². The van der Waals surface area contributed by atoms with E-state index >= 15 is 0 Å². The number of imidazole rings is 1. The van der Waals surface area contributed by atoms with E-state index in [0.29, 0.717) is 10.8 Å². The van der Waals surface area contributed by atoms with Crippen molar-refractivity contribution in [1.29, 1.82) is 0 Å². The van der Waals surface area contributed by atoms with E-state index in [1.807, 2.05) is 36.4 Å².